The maximum absolute atomic E-state index is 10.6. The number of rotatable bonds is 3. The van der Waals surface area contributed by atoms with E-state index in [-0.39, 0.29) is 0 Å². The molecular weight excluding hydrogens is 162 g/mol. The Balaban J connectivity index is 2.63. The Hall–Kier alpha value is -1.10. The monoisotopic (exact) mass is 173 g/mol. The first-order valence-corrected chi connectivity index (χ1v) is 3.61. The van der Waals surface area contributed by atoms with Crippen LogP contribution in [0.1, 0.15) is 13.3 Å². The van der Waals surface area contributed by atoms with Crippen molar-refractivity contribution in [1.29, 1.82) is 0 Å². The summed E-state index contributed by atoms with van der Waals surface area (Å²) in [5.74, 6) is -2.53. The molecular formula is C7H11NO4. The second-order valence-electron chi connectivity index (χ2n) is 3.40. The summed E-state index contributed by atoms with van der Waals surface area (Å²) >= 11 is 0. The molecule has 1 aliphatic carbocycles. The highest BCUT2D eigenvalue weighted by molar-refractivity contribution is 5.82. The molecule has 0 aromatic carbocycles. The summed E-state index contributed by atoms with van der Waals surface area (Å²) in [6, 6.07) is -1.05. The third-order valence-corrected chi connectivity index (χ3v) is 2.51. The molecule has 68 valence electrons. The van der Waals surface area contributed by atoms with E-state index in [1.807, 2.05) is 0 Å². The molecule has 3 atom stereocenters. The molecule has 0 radical (unpaired) electrons. The number of carbonyl (C=O) groups is 2. The van der Waals surface area contributed by atoms with Gasteiger partial charge in [-0.15, -0.1) is 0 Å². The standard InChI is InChI=1S/C7H11NO4/c1-7(6(11)12)2-3(7)4(8)5(9)10/h3-4H,2,8H2,1H3,(H,9,10)(H,11,12)/t3-,4?,7+/m1/s1. The minimum absolute atomic E-state index is 0.357. The van der Waals surface area contributed by atoms with Crippen LogP contribution in [0.2, 0.25) is 0 Å². The molecule has 0 saturated heterocycles. The Morgan fingerprint density at radius 3 is 2.33 bits per heavy atom. The molecule has 1 unspecified atom stereocenters. The quantitative estimate of drug-likeness (QED) is 0.534. The summed E-state index contributed by atoms with van der Waals surface area (Å²) in [6.07, 6.45) is 0.357. The molecule has 5 heteroatoms. The van der Waals surface area contributed by atoms with Crippen molar-refractivity contribution in [2.75, 3.05) is 0 Å². The van der Waals surface area contributed by atoms with Crippen LogP contribution in [0.5, 0.6) is 0 Å². The second kappa shape index (κ2) is 2.45. The Morgan fingerprint density at radius 1 is 1.58 bits per heavy atom. The van der Waals surface area contributed by atoms with Gasteiger partial charge in [-0.05, 0) is 13.3 Å². The minimum atomic E-state index is -1.13. The molecule has 0 amide bonds. The topological polar surface area (TPSA) is 101 Å². The fraction of sp³-hybridized carbons (Fsp3) is 0.714. The molecule has 0 aromatic rings. The molecule has 1 aliphatic rings. The first-order valence-electron chi connectivity index (χ1n) is 3.61. The lowest BCUT2D eigenvalue weighted by Gasteiger charge is -2.08. The number of nitrogens with two attached hydrogens (primary N) is 1. The largest absolute Gasteiger partial charge is 0.481 e. The summed E-state index contributed by atoms with van der Waals surface area (Å²) in [6.45, 7) is 1.52. The molecule has 1 rings (SSSR count). The van der Waals surface area contributed by atoms with E-state index >= 15 is 0 Å². The average molecular weight is 173 g/mol. The zero-order chi connectivity index (χ0) is 9.52. The number of hydrogen-bond acceptors (Lipinski definition) is 3. The lowest BCUT2D eigenvalue weighted by molar-refractivity contribution is -0.144. The maximum atomic E-state index is 10.6. The summed E-state index contributed by atoms with van der Waals surface area (Å²) in [7, 11) is 0. The van der Waals surface area contributed by atoms with Crippen LogP contribution < -0.4 is 5.73 Å². The van der Waals surface area contributed by atoms with Crippen molar-refractivity contribution in [2.45, 2.75) is 19.4 Å². The van der Waals surface area contributed by atoms with Gasteiger partial charge in [0.05, 0.1) is 5.41 Å². The molecule has 1 saturated carbocycles. The van der Waals surface area contributed by atoms with Crippen molar-refractivity contribution in [3.8, 4) is 0 Å². The highest BCUT2D eigenvalue weighted by Gasteiger charge is 2.60. The Labute approximate surface area is 69.2 Å². The fourth-order valence-corrected chi connectivity index (χ4v) is 1.34. The van der Waals surface area contributed by atoms with Crippen molar-refractivity contribution in [3.63, 3.8) is 0 Å². The molecule has 0 spiro atoms. The van der Waals surface area contributed by atoms with E-state index in [0.717, 1.165) is 0 Å². The van der Waals surface area contributed by atoms with Gasteiger partial charge in [-0.1, -0.05) is 0 Å². The maximum Gasteiger partial charge on any atom is 0.320 e. The van der Waals surface area contributed by atoms with E-state index in [1.165, 1.54) is 6.92 Å². The van der Waals surface area contributed by atoms with Crippen LogP contribution in [0.15, 0.2) is 0 Å². The van der Waals surface area contributed by atoms with Gasteiger partial charge in [0.15, 0.2) is 0 Å². The van der Waals surface area contributed by atoms with Crippen LogP contribution in [0.4, 0.5) is 0 Å². The fourth-order valence-electron chi connectivity index (χ4n) is 1.34. The van der Waals surface area contributed by atoms with Gasteiger partial charge in [0.1, 0.15) is 6.04 Å². The van der Waals surface area contributed by atoms with Crippen LogP contribution in [0.25, 0.3) is 0 Å². The van der Waals surface area contributed by atoms with Gasteiger partial charge in [-0.25, -0.2) is 0 Å². The van der Waals surface area contributed by atoms with Crippen molar-refractivity contribution in [3.05, 3.63) is 0 Å². The molecule has 4 N–H and O–H groups in total. The third kappa shape index (κ3) is 1.16. The Kier molecular flexibility index (Phi) is 1.83. The van der Waals surface area contributed by atoms with Crippen LogP contribution in [0, 0.1) is 11.3 Å². The Morgan fingerprint density at radius 2 is 2.08 bits per heavy atom. The van der Waals surface area contributed by atoms with E-state index in [0.29, 0.717) is 6.42 Å². The van der Waals surface area contributed by atoms with Crippen molar-refractivity contribution in [2.24, 2.45) is 17.1 Å². The van der Waals surface area contributed by atoms with E-state index in [4.69, 9.17) is 15.9 Å². The summed E-state index contributed by atoms with van der Waals surface area (Å²) in [5.41, 5.74) is 4.35. The first kappa shape index (κ1) is 8.99. The first-order chi connectivity index (χ1) is 5.39. The zero-order valence-electron chi connectivity index (χ0n) is 6.65. The molecule has 1 fully saturated rings. The zero-order valence-corrected chi connectivity index (χ0v) is 6.65. The van der Waals surface area contributed by atoms with E-state index in [2.05, 4.69) is 0 Å². The molecule has 12 heavy (non-hydrogen) atoms. The van der Waals surface area contributed by atoms with Crippen LogP contribution in [-0.4, -0.2) is 28.2 Å². The minimum Gasteiger partial charge on any atom is -0.481 e. The second-order valence-corrected chi connectivity index (χ2v) is 3.40. The van der Waals surface area contributed by atoms with Crippen molar-refractivity contribution in [1.82, 2.24) is 0 Å². The molecule has 0 aliphatic heterocycles. The summed E-state index contributed by atoms with van der Waals surface area (Å²) in [5, 5.41) is 17.2. The number of carboxylic acid groups (broad SMARTS) is 2. The highest BCUT2D eigenvalue weighted by atomic mass is 16.4. The van der Waals surface area contributed by atoms with Gasteiger partial charge < -0.3 is 15.9 Å². The van der Waals surface area contributed by atoms with E-state index < -0.39 is 29.3 Å². The lowest BCUT2D eigenvalue weighted by Crippen LogP contribution is -2.35. The number of carboxylic acids is 2. The third-order valence-electron chi connectivity index (χ3n) is 2.51. The van der Waals surface area contributed by atoms with E-state index in [1.54, 1.807) is 0 Å². The van der Waals surface area contributed by atoms with Gasteiger partial charge in [-0.3, -0.25) is 9.59 Å². The SMILES string of the molecule is C[C@]1(C(=O)O)C[C@@H]1C(N)C(=O)O. The molecule has 5 nitrogen and oxygen atoms in total. The van der Waals surface area contributed by atoms with Gasteiger partial charge in [-0.2, -0.15) is 0 Å². The lowest BCUT2D eigenvalue weighted by atomic mass is 10.0. The van der Waals surface area contributed by atoms with Crippen molar-refractivity contribution < 1.29 is 19.8 Å². The summed E-state index contributed by atoms with van der Waals surface area (Å²) < 4.78 is 0. The van der Waals surface area contributed by atoms with Crippen molar-refractivity contribution >= 4 is 11.9 Å². The molecule has 0 bridgehead atoms. The highest BCUT2D eigenvalue weighted by Crippen LogP contribution is 2.53. The number of hydrogen-bond donors (Lipinski definition) is 3. The average Bonchev–Trinajstić information content (AvgIpc) is 2.62. The van der Waals surface area contributed by atoms with Gasteiger partial charge in [0.2, 0.25) is 0 Å². The molecule has 0 aromatic heterocycles. The molecule has 0 heterocycles. The summed E-state index contributed by atoms with van der Waals surface area (Å²) in [4.78, 5) is 20.9. The Bertz CT molecular complexity index is 240. The normalized spacial score (nSPS) is 35.7. The van der Waals surface area contributed by atoms with Crippen LogP contribution in [0.3, 0.4) is 0 Å². The smallest absolute Gasteiger partial charge is 0.320 e. The predicted molar refractivity (Wildman–Crippen MR) is 39.5 cm³/mol. The van der Waals surface area contributed by atoms with Gasteiger partial charge >= 0.3 is 11.9 Å². The number of aliphatic carboxylic acids is 2. The predicted octanol–water partition coefficient (Wildman–Crippen LogP) is -0.491. The van der Waals surface area contributed by atoms with Gasteiger partial charge in [0.25, 0.3) is 0 Å². The van der Waals surface area contributed by atoms with Gasteiger partial charge in [0, 0.05) is 5.92 Å². The van der Waals surface area contributed by atoms with E-state index in [9.17, 15) is 9.59 Å². The van der Waals surface area contributed by atoms with Crippen LogP contribution in [-0.2, 0) is 9.59 Å². The van der Waals surface area contributed by atoms with Crippen LogP contribution >= 0.6 is 0 Å².